The van der Waals surface area contributed by atoms with E-state index in [-0.39, 0.29) is 11.9 Å². The van der Waals surface area contributed by atoms with Crippen molar-refractivity contribution in [1.29, 1.82) is 0 Å². The lowest BCUT2D eigenvalue weighted by molar-refractivity contribution is 0.0661. The second-order valence-corrected chi connectivity index (χ2v) is 6.56. The number of benzene rings is 1. The molecule has 116 valence electrons. The summed E-state index contributed by atoms with van der Waals surface area (Å²) in [7, 11) is 0. The summed E-state index contributed by atoms with van der Waals surface area (Å²) in [5, 5.41) is 3.44. The quantitative estimate of drug-likeness (QED) is 0.923. The Morgan fingerprint density at radius 2 is 2.10 bits per heavy atom. The molecule has 0 aliphatic carbocycles. The Hall–Kier alpha value is -1.35. The van der Waals surface area contributed by atoms with Crippen LogP contribution >= 0.6 is 0 Å². The first-order chi connectivity index (χ1) is 9.99. The lowest BCUT2D eigenvalue weighted by Gasteiger charge is -2.33. The molecule has 2 rings (SSSR count). The standard InChI is InChI=1S/C18H28N2O/c1-13(2)20(12-16-6-5-9-19-11-16)18(21)17-8-7-14(3)15(4)10-17/h7-8,10,13,16,19H,5-6,9,11-12H2,1-4H3. The molecule has 1 fully saturated rings. The van der Waals surface area contributed by atoms with Gasteiger partial charge >= 0.3 is 0 Å². The van der Waals surface area contributed by atoms with Gasteiger partial charge < -0.3 is 10.2 Å². The molecule has 0 aromatic heterocycles. The molecule has 0 saturated carbocycles. The van der Waals surface area contributed by atoms with Gasteiger partial charge in [-0.2, -0.15) is 0 Å². The van der Waals surface area contributed by atoms with E-state index in [1.54, 1.807) is 0 Å². The highest BCUT2D eigenvalue weighted by atomic mass is 16.2. The summed E-state index contributed by atoms with van der Waals surface area (Å²) >= 11 is 0. The normalized spacial score (nSPS) is 18.8. The minimum absolute atomic E-state index is 0.165. The van der Waals surface area contributed by atoms with Gasteiger partial charge in [0, 0.05) is 18.2 Å². The minimum atomic E-state index is 0.165. The molecule has 1 aliphatic rings. The first-order valence-electron chi connectivity index (χ1n) is 8.08. The van der Waals surface area contributed by atoms with Crippen molar-refractivity contribution in [2.45, 2.75) is 46.6 Å². The molecule has 1 saturated heterocycles. The fourth-order valence-electron chi connectivity index (χ4n) is 2.93. The highest BCUT2D eigenvalue weighted by Crippen LogP contribution is 2.18. The van der Waals surface area contributed by atoms with Crippen LogP contribution < -0.4 is 5.32 Å². The molecule has 21 heavy (non-hydrogen) atoms. The van der Waals surface area contributed by atoms with Gasteiger partial charge in [-0.3, -0.25) is 4.79 Å². The van der Waals surface area contributed by atoms with Crippen LogP contribution in [-0.2, 0) is 0 Å². The summed E-state index contributed by atoms with van der Waals surface area (Å²) in [5.41, 5.74) is 3.23. The maximum Gasteiger partial charge on any atom is 0.254 e. The number of hydrogen-bond acceptors (Lipinski definition) is 2. The van der Waals surface area contributed by atoms with E-state index in [2.05, 4.69) is 33.0 Å². The Kier molecular flexibility index (Phi) is 5.40. The van der Waals surface area contributed by atoms with Crippen molar-refractivity contribution in [2.75, 3.05) is 19.6 Å². The summed E-state index contributed by atoms with van der Waals surface area (Å²) in [6.45, 7) is 11.4. The zero-order chi connectivity index (χ0) is 15.4. The summed E-state index contributed by atoms with van der Waals surface area (Å²) in [4.78, 5) is 14.9. The van der Waals surface area contributed by atoms with E-state index in [1.165, 1.54) is 24.0 Å². The lowest BCUT2D eigenvalue weighted by Crippen LogP contribution is -2.44. The maximum atomic E-state index is 12.8. The first-order valence-corrected chi connectivity index (χ1v) is 8.08. The summed E-state index contributed by atoms with van der Waals surface area (Å²) in [6.07, 6.45) is 2.44. The molecular weight excluding hydrogens is 260 g/mol. The van der Waals surface area contributed by atoms with Crippen LogP contribution in [0.5, 0.6) is 0 Å². The third-order valence-corrected chi connectivity index (χ3v) is 4.49. The predicted molar refractivity (Wildman–Crippen MR) is 87.7 cm³/mol. The zero-order valence-electron chi connectivity index (χ0n) is 13.8. The molecule has 3 nitrogen and oxygen atoms in total. The van der Waals surface area contributed by atoms with Gasteiger partial charge in [-0.15, -0.1) is 0 Å². The average Bonchev–Trinajstić information content (AvgIpc) is 2.47. The van der Waals surface area contributed by atoms with Gasteiger partial charge in [-0.25, -0.2) is 0 Å². The Morgan fingerprint density at radius 1 is 1.33 bits per heavy atom. The van der Waals surface area contributed by atoms with Crippen LogP contribution in [0.15, 0.2) is 18.2 Å². The largest absolute Gasteiger partial charge is 0.336 e. The number of hydrogen-bond donors (Lipinski definition) is 1. The molecule has 0 bridgehead atoms. The van der Waals surface area contributed by atoms with E-state index in [1.807, 2.05) is 23.1 Å². The maximum absolute atomic E-state index is 12.8. The molecule has 0 spiro atoms. The second kappa shape index (κ2) is 7.08. The van der Waals surface area contributed by atoms with Crippen molar-refractivity contribution in [1.82, 2.24) is 10.2 Å². The molecule has 1 aromatic rings. The average molecular weight is 288 g/mol. The van der Waals surface area contributed by atoms with E-state index < -0.39 is 0 Å². The van der Waals surface area contributed by atoms with Crippen molar-refractivity contribution < 1.29 is 4.79 Å². The topological polar surface area (TPSA) is 32.3 Å². The predicted octanol–water partition coefficient (Wildman–Crippen LogP) is 3.15. The van der Waals surface area contributed by atoms with Crippen molar-refractivity contribution in [3.63, 3.8) is 0 Å². The number of amides is 1. The Bertz CT molecular complexity index is 490. The van der Waals surface area contributed by atoms with E-state index in [4.69, 9.17) is 0 Å². The highest BCUT2D eigenvalue weighted by molar-refractivity contribution is 5.94. The van der Waals surface area contributed by atoms with Crippen LogP contribution in [0.25, 0.3) is 0 Å². The van der Waals surface area contributed by atoms with E-state index in [0.717, 1.165) is 25.2 Å². The highest BCUT2D eigenvalue weighted by Gasteiger charge is 2.23. The van der Waals surface area contributed by atoms with E-state index in [9.17, 15) is 4.79 Å². The Balaban J connectivity index is 2.12. The Morgan fingerprint density at radius 3 is 2.67 bits per heavy atom. The molecule has 1 amide bonds. The smallest absolute Gasteiger partial charge is 0.254 e. The van der Waals surface area contributed by atoms with Gasteiger partial charge in [0.25, 0.3) is 5.91 Å². The molecule has 1 N–H and O–H groups in total. The number of carbonyl (C=O) groups excluding carboxylic acids is 1. The molecule has 0 radical (unpaired) electrons. The van der Waals surface area contributed by atoms with E-state index >= 15 is 0 Å². The number of nitrogens with one attached hydrogen (secondary N) is 1. The van der Waals surface area contributed by atoms with Gasteiger partial charge in [0.05, 0.1) is 0 Å². The summed E-state index contributed by atoms with van der Waals surface area (Å²) < 4.78 is 0. The van der Waals surface area contributed by atoms with Gasteiger partial charge in [-0.1, -0.05) is 6.07 Å². The fraction of sp³-hybridized carbons (Fsp3) is 0.611. The monoisotopic (exact) mass is 288 g/mol. The third-order valence-electron chi connectivity index (χ3n) is 4.49. The molecule has 1 heterocycles. The van der Waals surface area contributed by atoms with Crippen LogP contribution in [0.3, 0.4) is 0 Å². The number of piperidine rings is 1. The number of aryl methyl sites for hydroxylation is 2. The number of carbonyl (C=O) groups is 1. The van der Waals surface area contributed by atoms with Gasteiger partial charge in [-0.05, 0) is 82.8 Å². The molecule has 3 heteroatoms. The molecule has 1 aliphatic heterocycles. The lowest BCUT2D eigenvalue weighted by atomic mass is 9.97. The molecule has 1 aromatic carbocycles. The summed E-state index contributed by atoms with van der Waals surface area (Å²) in [6, 6.07) is 6.26. The third kappa shape index (κ3) is 4.07. The minimum Gasteiger partial charge on any atom is -0.336 e. The van der Waals surface area contributed by atoms with Crippen LogP contribution in [-0.4, -0.2) is 36.5 Å². The number of rotatable bonds is 4. The molecular formula is C18H28N2O. The number of nitrogens with zero attached hydrogens (tertiary/aromatic N) is 1. The zero-order valence-corrected chi connectivity index (χ0v) is 13.8. The van der Waals surface area contributed by atoms with Crippen LogP contribution in [0.2, 0.25) is 0 Å². The van der Waals surface area contributed by atoms with Gasteiger partial charge in [0.2, 0.25) is 0 Å². The van der Waals surface area contributed by atoms with Crippen LogP contribution in [0.4, 0.5) is 0 Å². The molecule has 1 unspecified atom stereocenters. The van der Waals surface area contributed by atoms with Gasteiger partial charge in [0.1, 0.15) is 0 Å². The van der Waals surface area contributed by atoms with Crippen molar-refractivity contribution in [3.8, 4) is 0 Å². The first kappa shape index (κ1) is 16.0. The van der Waals surface area contributed by atoms with Gasteiger partial charge in [0.15, 0.2) is 0 Å². The van der Waals surface area contributed by atoms with E-state index in [0.29, 0.717) is 5.92 Å². The van der Waals surface area contributed by atoms with Crippen LogP contribution in [0.1, 0.15) is 48.2 Å². The van der Waals surface area contributed by atoms with Crippen molar-refractivity contribution in [3.05, 3.63) is 34.9 Å². The van der Waals surface area contributed by atoms with Crippen molar-refractivity contribution >= 4 is 5.91 Å². The second-order valence-electron chi connectivity index (χ2n) is 6.56. The van der Waals surface area contributed by atoms with Crippen molar-refractivity contribution in [2.24, 2.45) is 5.92 Å². The fourth-order valence-corrected chi connectivity index (χ4v) is 2.93. The molecule has 1 atom stereocenters. The Labute approximate surface area is 128 Å². The van der Waals surface area contributed by atoms with Crippen LogP contribution in [0, 0.1) is 19.8 Å². The SMILES string of the molecule is Cc1ccc(C(=O)N(CC2CCCNC2)C(C)C)cc1C. The summed E-state index contributed by atoms with van der Waals surface area (Å²) in [5.74, 6) is 0.746.